The molecule has 1 aromatic carbocycles. The molecule has 2 aromatic rings. The quantitative estimate of drug-likeness (QED) is 0.896. The van der Waals surface area contributed by atoms with Gasteiger partial charge in [0.05, 0.1) is 6.04 Å². The molecule has 20 heavy (non-hydrogen) atoms. The Bertz CT molecular complexity index is 591. The van der Waals surface area contributed by atoms with Crippen LogP contribution in [0.1, 0.15) is 32.1 Å². The molecule has 0 saturated carbocycles. The van der Waals surface area contributed by atoms with Crippen LogP contribution in [0.3, 0.4) is 0 Å². The van der Waals surface area contributed by atoms with Crippen molar-refractivity contribution in [1.29, 1.82) is 0 Å². The van der Waals surface area contributed by atoms with Crippen molar-refractivity contribution >= 4 is 26.9 Å². The van der Waals surface area contributed by atoms with Gasteiger partial charge < -0.3 is 9.73 Å². The third-order valence-electron chi connectivity index (χ3n) is 4.12. The third kappa shape index (κ3) is 2.65. The number of furan rings is 1. The van der Waals surface area contributed by atoms with Crippen LogP contribution in [0.4, 0.5) is 0 Å². The summed E-state index contributed by atoms with van der Waals surface area (Å²) in [5.74, 6) is 1.07. The number of halogens is 1. The molecule has 2 heterocycles. The van der Waals surface area contributed by atoms with Crippen molar-refractivity contribution in [2.45, 2.75) is 32.4 Å². The molecular weight excluding hydrogens is 316 g/mol. The van der Waals surface area contributed by atoms with Crippen LogP contribution >= 0.6 is 15.9 Å². The maximum absolute atomic E-state index is 6.05. The fourth-order valence-electron chi connectivity index (χ4n) is 2.86. The molecule has 1 aliphatic rings. The summed E-state index contributed by atoms with van der Waals surface area (Å²) in [5.41, 5.74) is 0.971. The SMILES string of the molecule is CCCN(C1CNC1)C(C)c1cc2cc(Br)ccc2o1. The number of nitrogens with one attached hydrogen (secondary N) is 1. The normalized spacial score (nSPS) is 17.6. The van der Waals surface area contributed by atoms with Crippen LogP contribution in [-0.2, 0) is 0 Å². The first-order valence-corrected chi connectivity index (χ1v) is 8.13. The molecule has 1 atom stereocenters. The lowest BCUT2D eigenvalue weighted by Gasteiger charge is -2.41. The van der Waals surface area contributed by atoms with Crippen LogP contribution in [0, 0.1) is 0 Å². The first-order chi connectivity index (χ1) is 9.69. The Morgan fingerprint density at radius 1 is 1.40 bits per heavy atom. The molecule has 1 aliphatic heterocycles. The first-order valence-electron chi connectivity index (χ1n) is 7.34. The zero-order valence-electron chi connectivity index (χ0n) is 12.0. The zero-order valence-corrected chi connectivity index (χ0v) is 13.6. The van der Waals surface area contributed by atoms with E-state index in [1.165, 1.54) is 11.8 Å². The van der Waals surface area contributed by atoms with Crippen LogP contribution in [0.2, 0.25) is 0 Å². The molecule has 0 spiro atoms. The van der Waals surface area contributed by atoms with Crippen LogP contribution in [0.25, 0.3) is 11.0 Å². The van der Waals surface area contributed by atoms with E-state index in [1.54, 1.807) is 0 Å². The molecule has 1 saturated heterocycles. The Morgan fingerprint density at radius 2 is 2.20 bits per heavy atom. The monoisotopic (exact) mass is 336 g/mol. The summed E-state index contributed by atoms with van der Waals surface area (Å²) in [6, 6.07) is 9.33. The van der Waals surface area contributed by atoms with Gasteiger partial charge in [-0.05, 0) is 44.2 Å². The van der Waals surface area contributed by atoms with E-state index in [4.69, 9.17) is 4.42 Å². The van der Waals surface area contributed by atoms with Gasteiger partial charge in [0, 0.05) is 29.0 Å². The van der Waals surface area contributed by atoms with Crippen molar-refractivity contribution in [3.63, 3.8) is 0 Å². The average molecular weight is 337 g/mol. The first kappa shape index (κ1) is 14.1. The highest BCUT2D eigenvalue weighted by atomic mass is 79.9. The predicted molar refractivity (Wildman–Crippen MR) is 86.0 cm³/mol. The molecular formula is C16H21BrN2O. The van der Waals surface area contributed by atoms with Gasteiger partial charge in [0.1, 0.15) is 11.3 Å². The fourth-order valence-corrected chi connectivity index (χ4v) is 3.24. The Balaban J connectivity index is 1.87. The lowest BCUT2D eigenvalue weighted by molar-refractivity contribution is 0.0923. The summed E-state index contributed by atoms with van der Waals surface area (Å²) in [7, 11) is 0. The van der Waals surface area contributed by atoms with Crippen molar-refractivity contribution in [1.82, 2.24) is 10.2 Å². The van der Waals surface area contributed by atoms with E-state index < -0.39 is 0 Å². The highest BCUT2D eigenvalue weighted by molar-refractivity contribution is 9.10. The number of rotatable bonds is 5. The van der Waals surface area contributed by atoms with Crippen molar-refractivity contribution in [2.75, 3.05) is 19.6 Å². The molecule has 0 amide bonds. The van der Waals surface area contributed by atoms with Crippen molar-refractivity contribution in [3.8, 4) is 0 Å². The third-order valence-corrected chi connectivity index (χ3v) is 4.61. The zero-order chi connectivity index (χ0) is 14.1. The molecule has 0 aliphatic carbocycles. The molecule has 3 nitrogen and oxygen atoms in total. The van der Waals surface area contributed by atoms with Gasteiger partial charge in [-0.15, -0.1) is 0 Å². The van der Waals surface area contributed by atoms with Gasteiger partial charge in [-0.3, -0.25) is 4.90 Å². The lowest BCUT2D eigenvalue weighted by Crippen LogP contribution is -2.57. The summed E-state index contributed by atoms with van der Waals surface area (Å²) in [4.78, 5) is 2.56. The van der Waals surface area contributed by atoms with Crippen molar-refractivity contribution in [2.24, 2.45) is 0 Å². The second-order valence-corrected chi connectivity index (χ2v) is 6.47. The van der Waals surface area contributed by atoms with E-state index in [1.807, 2.05) is 12.1 Å². The van der Waals surface area contributed by atoms with E-state index in [0.29, 0.717) is 12.1 Å². The Labute approximate surface area is 128 Å². The molecule has 3 rings (SSSR count). The minimum Gasteiger partial charge on any atom is -0.459 e. The van der Waals surface area contributed by atoms with Gasteiger partial charge >= 0.3 is 0 Å². The van der Waals surface area contributed by atoms with E-state index in [2.05, 4.69) is 52.1 Å². The van der Waals surface area contributed by atoms with E-state index in [0.717, 1.165) is 35.5 Å². The van der Waals surface area contributed by atoms with Gasteiger partial charge in [-0.25, -0.2) is 0 Å². The molecule has 0 radical (unpaired) electrons. The molecule has 1 unspecified atom stereocenters. The van der Waals surface area contributed by atoms with Crippen LogP contribution in [-0.4, -0.2) is 30.6 Å². The molecule has 4 heteroatoms. The van der Waals surface area contributed by atoms with E-state index in [-0.39, 0.29) is 0 Å². The second kappa shape index (κ2) is 5.88. The summed E-state index contributed by atoms with van der Waals surface area (Å²) < 4.78 is 7.14. The highest BCUT2D eigenvalue weighted by Crippen LogP contribution is 2.30. The van der Waals surface area contributed by atoms with Gasteiger partial charge in [-0.2, -0.15) is 0 Å². The number of nitrogens with zero attached hydrogens (tertiary/aromatic N) is 1. The molecule has 1 aromatic heterocycles. The van der Waals surface area contributed by atoms with Crippen LogP contribution < -0.4 is 5.32 Å². The van der Waals surface area contributed by atoms with Gasteiger partial charge in [0.15, 0.2) is 0 Å². The summed E-state index contributed by atoms with van der Waals surface area (Å²) in [6.07, 6.45) is 1.17. The summed E-state index contributed by atoms with van der Waals surface area (Å²) in [6.45, 7) is 7.79. The Hall–Kier alpha value is -0.840. The predicted octanol–water partition coefficient (Wildman–Crippen LogP) is 3.94. The minimum atomic E-state index is 0.327. The number of hydrogen-bond acceptors (Lipinski definition) is 3. The van der Waals surface area contributed by atoms with Gasteiger partial charge in [0.2, 0.25) is 0 Å². The number of fused-ring (bicyclic) bond motifs is 1. The van der Waals surface area contributed by atoms with Crippen LogP contribution in [0.5, 0.6) is 0 Å². The Morgan fingerprint density at radius 3 is 2.85 bits per heavy atom. The Kier molecular flexibility index (Phi) is 4.15. The van der Waals surface area contributed by atoms with Crippen LogP contribution in [0.15, 0.2) is 33.2 Å². The lowest BCUT2D eigenvalue weighted by atomic mass is 10.1. The summed E-state index contributed by atoms with van der Waals surface area (Å²) >= 11 is 3.52. The van der Waals surface area contributed by atoms with Crippen molar-refractivity contribution in [3.05, 3.63) is 34.5 Å². The molecule has 1 N–H and O–H groups in total. The van der Waals surface area contributed by atoms with Crippen molar-refractivity contribution < 1.29 is 4.42 Å². The number of hydrogen-bond donors (Lipinski definition) is 1. The molecule has 1 fully saturated rings. The minimum absolute atomic E-state index is 0.327. The molecule has 0 bridgehead atoms. The van der Waals surface area contributed by atoms with E-state index in [9.17, 15) is 0 Å². The average Bonchev–Trinajstić information content (AvgIpc) is 2.78. The maximum Gasteiger partial charge on any atom is 0.134 e. The smallest absolute Gasteiger partial charge is 0.134 e. The van der Waals surface area contributed by atoms with Gasteiger partial charge in [-0.1, -0.05) is 22.9 Å². The maximum atomic E-state index is 6.05. The second-order valence-electron chi connectivity index (χ2n) is 5.56. The largest absolute Gasteiger partial charge is 0.459 e. The topological polar surface area (TPSA) is 28.4 Å². The summed E-state index contributed by atoms with van der Waals surface area (Å²) in [5, 5.41) is 4.53. The van der Waals surface area contributed by atoms with E-state index >= 15 is 0 Å². The molecule has 108 valence electrons. The fraction of sp³-hybridized carbons (Fsp3) is 0.500. The highest BCUT2D eigenvalue weighted by Gasteiger charge is 2.29. The number of benzene rings is 1. The van der Waals surface area contributed by atoms with Gasteiger partial charge in [0.25, 0.3) is 0 Å². The standard InChI is InChI=1S/C16H21BrN2O/c1-3-6-19(14-9-18-10-14)11(2)16-8-12-7-13(17)4-5-15(12)20-16/h4-5,7-8,11,14,18H,3,6,9-10H2,1-2H3.